The summed E-state index contributed by atoms with van der Waals surface area (Å²) in [6.45, 7) is 4.97. The first-order valence-electron chi connectivity index (χ1n) is 7.91. The zero-order chi connectivity index (χ0) is 19.3. The number of hydrogen-bond donors (Lipinski definition) is 2. The molecule has 1 aromatic carbocycles. The first-order valence-corrected chi connectivity index (χ1v) is 7.91. The van der Waals surface area contributed by atoms with E-state index in [2.05, 4.69) is 15.4 Å². The lowest BCUT2D eigenvalue weighted by molar-refractivity contribution is -0.159. The SMILES string of the molecule is Cc1ccc(-c2nnn(CC(=O)O[C@H](C(=O)NC(N)=O)C(C)C)n2)cc1. The van der Waals surface area contributed by atoms with Gasteiger partial charge in [-0.05, 0) is 18.1 Å². The number of aromatic nitrogens is 4. The van der Waals surface area contributed by atoms with Crippen molar-refractivity contribution in [3.05, 3.63) is 29.8 Å². The fourth-order valence-electron chi connectivity index (χ4n) is 2.11. The van der Waals surface area contributed by atoms with Crippen LogP contribution >= 0.6 is 0 Å². The number of urea groups is 1. The highest BCUT2D eigenvalue weighted by molar-refractivity contribution is 5.96. The van der Waals surface area contributed by atoms with E-state index in [4.69, 9.17) is 10.5 Å². The van der Waals surface area contributed by atoms with Gasteiger partial charge >= 0.3 is 12.0 Å². The Balaban J connectivity index is 2.01. The van der Waals surface area contributed by atoms with Crippen molar-refractivity contribution >= 4 is 17.9 Å². The number of ether oxygens (including phenoxy) is 1. The molecule has 0 unspecified atom stereocenters. The Morgan fingerprint density at radius 2 is 1.88 bits per heavy atom. The molecule has 0 aliphatic heterocycles. The quantitative estimate of drug-likeness (QED) is 0.710. The number of esters is 1. The second-order valence-electron chi connectivity index (χ2n) is 6.02. The van der Waals surface area contributed by atoms with Crippen LogP contribution in [0.25, 0.3) is 11.4 Å². The molecule has 0 radical (unpaired) electrons. The summed E-state index contributed by atoms with van der Waals surface area (Å²) in [5, 5.41) is 13.7. The minimum atomic E-state index is -1.16. The molecule has 1 aromatic heterocycles. The number of carbonyl (C=O) groups is 3. The third kappa shape index (κ3) is 5.10. The van der Waals surface area contributed by atoms with Crippen LogP contribution in [0, 0.1) is 12.8 Å². The van der Waals surface area contributed by atoms with Crippen LogP contribution in [0.3, 0.4) is 0 Å². The summed E-state index contributed by atoms with van der Waals surface area (Å²) in [6.07, 6.45) is -1.16. The molecular weight excluding hydrogens is 340 g/mol. The maximum absolute atomic E-state index is 12.1. The number of tetrazole rings is 1. The van der Waals surface area contributed by atoms with Gasteiger partial charge in [0.1, 0.15) is 0 Å². The predicted molar refractivity (Wildman–Crippen MR) is 90.4 cm³/mol. The van der Waals surface area contributed by atoms with E-state index in [0.29, 0.717) is 5.82 Å². The lowest BCUT2D eigenvalue weighted by Gasteiger charge is -2.19. The number of rotatable bonds is 6. The van der Waals surface area contributed by atoms with Gasteiger partial charge in [-0.15, -0.1) is 10.2 Å². The summed E-state index contributed by atoms with van der Waals surface area (Å²) in [6, 6.07) is 6.50. The largest absolute Gasteiger partial charge is 0.451 e. The Kier molecular flexibility index (Phi) is 5.99. The predicted octanol–water partition coefficient (Wildman–Crippen LogP) is 0.411. The third-order valence-corrected chi connectivity index (χ3v) is 3.40. The van der Waals surface area contributed by atoms with Gasteiger partial charge in [0.2, 0.25) is 5.82 Å². The van der Waals surface area contributed by atoms with Gasteiger partial charge in [-0.3, -0.25) is 10.1 Å². The number of aryl methyl sites for hydroxylation is 1. The molecule has 1 heterocycles. The first kappa shape index (κ1) is 19.0. The van der Waals surface area contributed by atoms with Crippen molar-refractivity contribution in [2.45, 2.75) is 33.4 Å². The number of nitrogens with two attached hydrogens (primary N) is 1. The van der Waals surface area contributed by atoms with Gasteiger partial charge in [0.25, 0.3) is 5.91 Å². The van der Waals surface area contributed by atoms with Gasteiger partial charge < -0.3 is 10.5 Å². The summed E-state index contributed by atoms with van der Waals surface area (Å²) < 4.78 is 5.12. The molecule has 0 fully saturated rings. The van der Waals surface area contributed by atoms with Crippen LogP contribution in [-0.2, 0) is 20.9 Å². The summed E-state index contributed by atoms with van der Waals surface area (Å²) >= 11 is 0. The fourth-order valence-corrected chi connectivity index (χ4v) is 2.11. The van der Waals surface area contributed by atoms with Gasteiger partial charge in [-0.25, -0.2) is 9.59 Å². The van der Waals surface area contributed by atoms with Crippen molar-refractivity contribution in [1.82, 2.24) is 25.5 Å². The lowest BCUT2D eigenvalue weighted by Crippen LogP contribution is -2.46. The Hall–Kier alpha value is -3.30. The van der Waals surface area contributed by atoms with Crippen molar-refractivity contribution in [3.63, 3.8) is 0 Å². The standard InChI is InChI=1S/C16H20N6O4/c1-9(2)13(15(24)18-16(17)25)26-12(23)8-22-20-14(19-21-22)11-6-4-10(3)5-7-11/h4-7,9,13H,8H2,1-3H3,(H3,17,18,24,25)/t13-/m0/s1. The van der Waals surface area contributed by atoms with Crippen molar-refractivity contribution in [2.24, 2.45) is 11.7 Å². The smallest absolute Gasteiger partial charge is 0.330 e. The number of hydrogen-bond acceptors (Lipinski definition) is 7. The van der Waals surface area contributed by atoms with Crippen LogP contribution in [0.5, 0.6) is 0 Å². The summed E-state index contributed by atoms with van der Waals surface area (Å²) in [4.78, 5) is 35.8. The summed E-state index contributed by atoms with van der Waals surface area (Å²) in [5.41, 5.74) is 6.77. The van der Waals surface area contributed by atoms with E-state index in [-0.39, 0.29) is 12.5 Å². The molecule has 0 saturated heterocycles. The summed E-state index contributed by atoms with van der Waals surface area (Å²) in [7, 11) is 0. The topological polar surface area (TPSA) is 142 Å². The second-order valence-corrected chi connectivity index (χ2v) is 6.02. The third-order valence-electron chi connectivity index (χ3n) is 3.40. The maximum atomic E-state index is 12.1. The van der Waals surface area contributed by atoms with Crippen LogP contribution in [-0.4, -0.2) is 44.2 Å². The Morgan fingerprint density at radius 3 is 2.46 bits per heavy atom. The van der Waals surface area contributed by atoms with Crippen molar-refractivity contribution in [3.8, 4) is 11.4 Å². The number of carbonyl (C=O) groups excluding carboxylic acids is 3. The minimum absolute atomic E-state index is 0.327. The van der Waals surface area contributed by atoms with Crippen LogP contribution in [0.4, 0.5) is 4.79 Å². The molecular formula is C16H20N6O4. The van der Waals surface area contributed by atoms with Crippen molar-refractivity contribution in [2.75, 3.05) is 0 Å². The fraction of sp³-hybridized carbons (Fsp3) is 0.375. The van der Waals surface area contributed by atoms with Gasteiger partial charge in [-0.2, -0.15) is 4.80 Å². The van der Waals surface area contributed by atoms with Gasteiger partial charge in [-0.1, -0.05) is 43.7 Å². The molecule has 3 amide bonds. The van der Waals surface area contributed by atoms with Crippen LogP contribution < -0.4 is 11.1 Å². The molecule has 0 saturated carbocycles. The zero-order valence-electron chi connectivity index (χ0n) is 14.7. The minimum Gasteiger partial charge on any atom is -0.451 e. The average molecular weight is 360 g/mol. The molecule has 1 atom stereocenters. The number of benzene rings is 1. The van der Waals surface area contributed by atoms with Gasteiger partial charge in [0.05, 0.1) is 0 Å². The van der Waals surface area contributed by atoms with E-state index < -0.39 is 24.0 Å². The zero-order valence-corrected chi connectivity index (χ0v) is 14.7. The Labute approximate surface area is 149 Å². The molecule has 10 heteroatoms. The lowest BCUT2D eigenvalue weighted by atomic mass is 10.1. The van der Waals surface area contributed by atoms with E-state index in [9.17, 15) is 14.4 Å². The van der Waals surface area contributed by atoms with Gasteiger partial charge in [0.15, 0.2) is 12.6 Å². The van der Waals surface area contributed by atoms with Crippen LogP contribution in [0.15, 0.2) is 24.3 Å². The molecule has 0 aliphatic carbocycles. The van der Waals surface area contributed by atoms with Crippen molar-refractivity contribution in [1.29, 1.82) is 0 Å². The number of nitrogens with zero attached hydrogens (tertiary/aromatic N) is 4. The molecule has 2 rings (SSSR count). The molecule has 0 bridgehead atoms. The maximum Gasteiger partial charge on any atom is 0.330 e. The Bertz CT molecular complexity index is 799. The molecule has 0 spiro atoms. The second kappa shape index (κ2) is 8.19. The number of imide groups is 1. The number of nitrogens with one attached hydrogen (secondary N) is 1. The number of amides is 3. The van der Waals surface area contributed by atoms with E-state index in [1.165, 1.54) is 0 Å². The normalized spacial score (nSPS) is 11.8. The first-order chi connectivity index (χ1) is 12.3. The van der Waals surface area contributed by atoms with Crippen molar-refractivity contribution < 1.29 is 19.1 Å². The monoisotopic (exact) mass is 360 g/mol. The van der Waals surface area contributed by atoms with E-state index >= 15 is 0 Å². The van der Waals surface area contributed by atoms with E-state index in [1.54, 1.807) is 13.8 Å². The van der Waals surface area contributed by atoms with E-state index in [0.717, 1.165) is 15.9 Å². The van der Waals surface area contributed by atoms with Crippen LogP contribution in [0.2, 0.25) is 0 Å². The van der Waals surface area contributed by atoms with Crippen LogP contribution in [0.1, 0.15) is 19.4 Å². The molecule has 0 aliphatic rings. The number of primary amides is 1. The highest BCUT2D eigenvalue weighted by atomic mass is 16.5. The van der Waals surface area contributed by atoms with E-state index in [1.807, 2.05) is 36.5 Å². The highest BCUT2D eigenvalue weighted by Crippen LogP contribution is 2.14. The molecule has 3 N–H and O–H groups in total. The molecule has 26 heavy (non-hydrogen) atoms. The highest BCUT2D eigenvalue weighted by Gasteiger charge is 2.27. The molecule has 10 nitrogen and oxygen atoms in total. The molecule has 2 aromatic rings. The Morgan fingerprint density at radius 1 is 1.23 bits per heavy atom. The average Bonchev–Trinajstić information content (AvgIpc) is 3.00. The molecule has 138 valence electrons. The van der Waals surface area contributed by atoms with Gasteiger partial charge in [0, 0.05) is 5.56 Å². The summed E-state index contributed by atoms with van der Waals surface area (Å²) in [5.74, 6) is -1.52.